The molecule has 68 valence electrons. The van der Waals surface area contributed by atoms with Crippen molar-refractivity contribution >= 4 is 9.84 Å². The maximum atomic E-state index is 11.9. The van der Waals surface area contributed by atoms with Crippen LogP contribution in [0.15, 0.2) is 21.6 Å². The Hall–Kier alpha value is -0.910. The molecule has 0 fully saturated rings. The zero-order valence-corrected chi connectivity index (χ0v) is 6.94. The van der Waals surface area contributed by atoms with E-state index in [9.17, 15) is 17.2 Å². The van der Waals surface area contributed by atoms with E-state index in [1.165, 1.54) is 0 Å². The lowest BCUT2D eigenvalue weighted by atomic mass is 10.5. The molecule has 1 aromatic heterocycles. The number of alkyl halides is 2. The van der Waals surface area contributed by atoms with E-state index in [0.717, 1.165) is 18.4 Å². The van der Waals surface area contributed by atoms with Gasteiger partial charge in [0.05, 0.1) is 0 Å². The van der Waals surface area contributed by atoms with Gasteiger partial charge in [0.2, 0.25) is 14.9 Å². The molecule has 6 heteroatoms. The molecule has 0 aliphatic carbocycles. The molecule has 0 radical (unpaired) electrons. The third-order valence-corrected chi connectivity index (χ3v) is 2.13. The van der Waals surface area contributed by atoms with Crippen molar-refractivity contribution in [1.82, 2.24) is 0 Å². The van der Waals surface area contributed by atoms with Crippen LogP contribution in [0.4, 0.5) is 8.78 Å². The van der Waals surface area contributed by atoms with Crippen LogP contribution in [-0.4, -0.2) is 14.7 Å². The van der Waals surface area contributed by atoms with Gasteiger partial charge in [0, 0.05) is 6.26 Å². The molecule has 0 aliphatic rings. The predicted molar refractivity (Wildman–Crippen MR) is 36.8 cm³/mol. The van der Waals surface area contributed by atoms with E-state index in [1.54, 1.807) is 0 Å². The van der Waals surface area contributed by atoms with Gasteiger partial charge in [-0.2, -0.15) is 0 Å². The zero-order valence-electron chi connectivity index (χ0n) is 6.12. The van der Waals surface area contributed by atoms with Gasteiger partial charge in [-0.25, -0.2) is 17.2 Å². The van der Waals surface area contributed by atoms with E-state index in [4.69, 9.17) is 0 Å². The minimum atomic E-state index is -3.52. The molecule has 1 aromatic rings. The summed E-state index contributed by atoms with van der Waals surface area (Å²) in [5, 5.41) is -0.433. The van der Waals surface area contributed by atoms with Gasteiger partial charge >= 0.3 is 0 Å². The fourth-order valence-electron chi connectivity index (χ4n) is 0.651. The summed E-state index contributed by atoms with van der Waals surface area (Å²) in [5.74, 6) is -0.629. The van der Waals surface area contributed by atoms with Crippen LogP contribution in [-0.2, 0) is 9.84 Å². The Bertz CT molecular complexity index is 366. The van der Waals surface area contributed by atoms with Crippen molar-refractivity contribution in [2.24, 2.45) is 0 Å². The van der Waals surface area contributed by atoms with Gasteiger partial charge in [-0.15, -0.1) is 0 Å². The van der Waals surface area contributed by atoms with Crippen molar-refractivity contribution < 1.29 is 21.6 Å². The molecule has 0 saturated carbocycles. The van der Waals surface area contributed by atoms with E-state index >= 15 is 0 Å². The number of furan rings is 1. The summed E-state index contributed by atoms with van der Waals surface area (Å²) in [6.45, 7) is 0. The van der Waals surface area contributed by atoms with Gasteiger partial charge in [-0.3, -0.25) is 0 Å². The minimum Gasteiger partial charge on any atom is -0.444 e. The topological polar surface area (TPSA) is 47.3 Å². The smallest absolute Gasteiger partial charge is 0.295 e. The van der Waals surface area contributed by atoms with E-state index < -0.39 is 27.1 Å². The summed E-state index contributed by atoms with van der Waals surface area (Å²) in [7, 11) is -3.52. The first-order valence-corrected chi connectivity index (χ1v) is 4.88. The molecular weight excluding hydrogens is 190 g/mol. The Morgan fingerprint density at radius 2 is 2.00 bits per heavy atom. The van der Waals surface area contributed by atoms with Gasteiger partial charge in [-0.05, 0) is 12.1 Å². The fourth-order valence-corrected chi connectivity index (χ4v) is 1.21. The molecule has 0 N–H and O–H groups in total. The van der Waals surface area contributed by atoms with Gasteiger partial charge in [-0.1, -0.05) is 0 Å². The van der Waals surface area contributed by atoms with E-state index in [1.807, 2.05) is 0 Å². The van der Waals surface area contributed by atoms with Crippen LogP contribution in [0.3, 0.4) is 0 Å². The van der Waals surface area contributed by atoms with Crippen molar-refractivity contribution in [3.63, 3.8) is 0 Å². The standard InChI is InChI=1S/C6H6F2O3S/c1-12(9,10)5-3-2-4(11-5)6(7)8/h2-3,6H,1H3. The second-order valence-electron chi connectivity index (χ2n) is 2.23. The van der Waals surface area contributed by atoms with E-state index in [2.05, 4.69) is 4.42 Å². The van der Waals surface area contributed by atoms with Crippen LogP contribution in [0.2, 0.25) is 0 Å². The van der Waals surface area contributed by atoms with Crippen molar-refractivity contribution in [3.05, 3.63) is 17.9 Å². The van der Waals surface area contributed by atoms with Crippen LogP contribution in [0.5, 0.6) is 0 Å². The highest BCUT2D eigenvalue weighted by Gasteiger charge is 2.17. The van der Waals surface area contributed by atoms with E-state index in [-0.39, 0.29) is 0 Å². The van der Waals surface area contributed by atoms with Gasteiger partial charge in [0.25, 0.3) is 6.43 Å². The lowest BCUT2D eigenvalue weighted by Crippen LogP contribution is -1.93. The Kier molecular flexibility index (Phi) is 2.18. The van der Waals surface area contributed by atoms with Crippen molar-refractivity contribution in [2.45, 2.75) is 11.5 Å². The first-order chi connectivity index (χ1) is 5.41. The Labute approximate surface area is 67.9 Å². The molecule has 0 saturated heterocycles. The monoisotopic (exact) mass is 196 g/mol. The molecule has 1 rings (SSSR count). The van der Waals surface area contributed by atoms with Crippen molar-refractivity contribution in [2.75, 3.05) is 6.26 Å². The largest absolute Gasteiger partial charge is 0.444 e. The maximum absolute atomic E-state index is 11.9. The summed E-state index contributed by atoms with van der Waals surface area (Å²) in [6.07, 6.45) is -1.89. The lowest BCUT2D eigenvalue weighted by molar-refractivity contribution is 0.116. The predicted octanol–water partition coefficient (Wildman–Crippen LogP) is 1.62. The lowest BCUT2D eigenvalue weighted by Gasteiger charge is -1.92. The Morgan fingerprint density at radius 3 is 2.25 bits per heavy atom. The first-order valence-electron chi connectivity index (χ1n) is 2.99. The van der Waals surface area contributed by atoms with Crippen molar-refractivity contribution in [1.29, 1.82) is 0 Å². The molecule has 0 spiro atoms. The van der Waals surface area contributed by atoms with E-state index in [0.29, 0.717) is 0 Å². The maximum Gasteiger partial charge on any atom is 0.295 e. The number of hydrogen-bond acceptors (Lipinski definition) is 3. The summed E-state index contributed by atoms with van der Waals surface area (Å²) < 4.78 is 49.6. The average molecular weight is 196 g/mol. The Balaban J connectivity index is 3.09. The highest BCUT2D eigenvalue weighted by molar-refractivity contribution is 7.90. The number of rotatable bonds is 2. The normalized spacial score (nSPS) is 12.3. The fraction of sp³-hybridized carbons (Fsp3) is 0.333. The highest BCUT2D eigenvalue weighted by Crippen LogP contribution is 2.23. The number of sulfone groups is 1. The zero-order chi connectivity index (χ0) is 9.35. The molecule has 0 aromatic carbocycles. The van der Waals surface area contributed by atoms with Crippen molar-refractivity contribution in [3.8, 4) is 0 Å². The summed E-state index contributed by atoms with van der Waals surface area (Å²) in [4.78, 5) is 0. The molecule has 0 unspecified atom stereocenters. The average Bonchev–Trinajstić information content (AvgIpc) is 2.30. The molecule has 3 nitrogen and oxygen atoms in total. The summed E-state index contributed by atoms with van der Waals surface area (Å²) in [6, 6.07) is 1.96. The second kappa shape index (κ2) is 2.85. The number of hydrogen-bond donors (Lipinski definition) is 0. The van der Waals surface area contributed by atoms with Crippen LogP contribution in [0.25, 0.3) is 0 Å². The summed E-state index contributed by atoms with van der Waals surface area (Å²) >= 11 is 0. The third kappa shape index (κ3) is 1.82. The van der Waals surface area contributed by atoms with Crippen LogP contribution >= 0.6 is 0 Å². The SMILES string of the molecule is CS(=O)(=O)c1ccc(C(F)F)o1. The molecule has 12 heavy (non-hydrogen) atoms. The van der Waals surface area contributed by atoms with Gasteiger partial charge < -0.3 is 4.42 Å². The van der Waals surface area contributed by atoms with Crippen LogP contribution in [0.1, 0.15) is 12.2 Å². The number of halogens is 2. The summed E-state index contributed by atoms with van der Waals surface area (Å²) in [5.41, 5.74) is 0. The van der Waals surface area contributed by atoms with Gasteiger partial charge in [0.1, 0.15) is 0 Å². The molecule has 1 heterocycles. The first kappa shape index (κ1) is 9.18. The highest BCUT2D eigenvalue weighted by atomic mass is 32.2. The van der Waals surface area contributed by atoms with Crippen LogP contribution < -0.4 is 0 Å². The molecule has 0 amide bonds. The third-order valence-electron chi connectivity index (χ3n) is 1.18. The van der Waals surface area contributed by atoms with Crippen LogP contribution in [0, 0.1) is 0 Å². The second-order valence-corrected chi connectivity index (χ2v) is 4.18. The molecule has 0 aliphatic heterocycles. The molecule has 0 atom stereocenters. The molecular formula is C6H6F2O3S. The Morgan fingerprint density at radius 1 is 1.42 bits per heavy atom. The van der Waals surface area contributed by atoms with Gasteiger partial charge in [0.15, 0.2) is 5.76 Å². The quantitative estimate of drug-likeness (QED) is 0.722. The molecule has 0 bridgehead atoms. The minimum absolute atomic E-state index is 0.433.